The highest BCUT2D eigenvalue weighted by atomic mass is 35.5. The Labute approximate surface area is 133 Å². The van der Waals surface area contributed by atoms with Crippen LogP contribution in [-0.4, -0.2) is 21.9 Å². The summed E-state index contributed by atoms with van der Waals surface area (Å²) in [7, 11) is -8.18. The fourth-order valence-electron chi connectivity index (χ4n) is 1.73. The van der Waals surface area contributed by atoms with Gasteiger partial charge < -0.3 is 0 Å². The zero-order valence-electron chi connectivity index (χ0n) is 10.5. The van der Waals surface area contributed by atoms with E-state index in [1.807, 2.05) is 0 Å². The number of sulfone groups is 2. The van der Waals surface area contributed by atoms with Crippen LogP contribution in [0.4, 0.5) is 0 Å². The Balaban J connectivity index is 2.46. The predicted octanol–water partition coefficient (Wildman–Crippen LogP) is 3.20. The summed E-state index contributed by atoms with van der Waals surface area (Å²) in [6.07, 6.45) is 0. The molecule has 0 aliphatic carbocycles. The van der Waals surface area contributed by atoms with Crippen molar-refractivity contribution >= 4 is 42.9 Å². The molecule has 2 aromatic rings. The van der Waals surface area contributed by atoms with Gasteiger partial charge in [-0.15, -0.1) is 0 Å². The second-order valence-electron chi connectivity index (χ2n) is 4.21. The van der Waals surface area contributed by atoms with Gasteiger partial charge >= 0.3 is 0 Å². The molecular formula is C13H10Cl2O4S2. The number of hydrogen-bond donors (Lipinski definition) is 0. The van der Waals surface area contributed by atoms with E-state index in [1.54, 1.807) is 12.1 Å². The first kappa shape index (κ1) is 16.3. The Bertz CT molecular complexity index is 801. The minimum Gasteiger partial charge on any atom is -0.223 e. The number of benzene rings is 2. The second-order valence-corrected chi connectivity index (χ2v) is 9.30. The van der Waals surface area contributed by atoms with Crippen LogP contribution in [0.5, 0.6) is 0 Å². The van der Waals surface area contributed by atoms with Gasteiger partial charge in [-0.25, -0.2) is 16.8 Å². The van der Waals surface area contributed by atoms with Crippen molar-refractivity contribution < 1.29 is 16.8 Å². The predicted molar refractivity (Wildman–Crippen MR) is 82.1 cm³/mol. The van der Waals surface area contributed by atoms with Crippen molar-refractivity contribution in [3.05, 3.63) is 58.6 Å². The van der Waals surface area contributed by atoms with Gasteiger partial charge in [0.15, 0.2) is 24.8 Å². The monoisotopic (exact) mass is 364 g/mol. The molecule has 2 aromatic carbocycles. The summed E-state index contributed by atoms with van der Waals surface area (Å²) in [6, 6.07) is 11.4. The average molecular weight is 365 g/mol. The molecule has 0 aromatic heterocycles. The van der Waals surface area contributed by atoms with Crippen LogP contribution in [0.25, 0.3) is 0 Å². The van der Waals surface area contributed by atoms with Gasteiger partial charge in [0.2, 0.25) is 0 Å². The lowest BCUT2D eigenvalue weighted by Crippen LogP contribution is -2.17. The first-order valence-electron chi connectivity index (χ1n) is 5.68. The van der Waals surface area contributed by atoms with Gasteiger partial charge in [-0.05, 0) is 24.3 Å². The summed E-state index contributed by atoms with van der Waals surface area (Å²) in [6.45, 7) is 0. The van der Waals surface area contributed by atoms with Gasteiger partial charge in [0.05, 0.1) is 19.8 Å². The number of rotatable bonds is 4. The van der Waals surface area contributed by atoms with E-state index in [1.165, 1.54) is 36.4 Å². The van der Waals surface area contributed by atoms with Crippen molar-refractivity contribution in [3.63, 3.8) is 0 Å². The van der Waals surface area contributed by atoms with Gasteiger partial charge in [-0.1, -0.05) is 47.5 Å². The molecule has 0 aliphatic rings. The lowest BCUT2D eigenvalue weighted by Gasteiger charge is -2.08. The van der Waals surface area contributed by atoms with Crippen LogP contribution in [0.3, 0.4) is 0 Å². The Kier molecular flexibility index (Phi) is 4.63. The zero-order valence-corrected chi connectivity index (χ0v) is 13.7. The Hall–Kier alpha value is -1.08. The highest BCUT2D eigenvalue weighted by molar-refractivity contribution is 8.08. The third-order valence-corrected chi connectivity index (χ3v) is 8.07. The fourth-order valence-corrected chi connectivity index (χ4v) is 6.65. The first-order chi connectivity index (χ1) is 9.74. The molecule has 0 aliphatic heterocycles. The van der Waals surface area contributed by atoms with Crippen molar-refractivity contribution in [1.29, 1.82) is 0 Å². The summed E-state index contributed by atoms with van der Waals surface area (Å²) in [5.41, 5.74) is 0. The van der Waals surface area contributed by atoms with E-state index in [-0.39, 0.29) is 19.8 Å². The van der Waals surface area contributed by atoms with Crippen molar-refractivity contribution in [2.75, 3.05) is 5.08 Å². The average Bonchev–Trinajstić information content (AvgIpc) is 2.38. The molecule has 8 heteroatoms. The molecule has 0 N–H and O–H groups in total. The molecule has 112 valence electrons. The van der Waals surface area contributed by atoms with Crippen molar-refractivity contribution in [3.8, 4) is 0 Å². The summed E-state index contributed by atoms with van der Waals surface area (Å²) in [5.74, 6) is 0. The maximum atomic E-state index is 12.2. The topological polar surface area (TPSA) is 68.3 Å². The lowest BCUT2D eigenvalue weighted by molar-refractivity contribution is 0.589. The van der Waals surface area contributed by atoms with Crippen LogP contribution >= 0.6 is 23.2 Å². The highest BCUT2D eigenvalue weighted by Crippen LogP contribution is 2.27. The Morgan fingerprint density at radius 2 is 1.00 bits per heavy atom. The molecule has 0 radical (unpaired) electrons. The second kappa shape index (κ2) is 5.96. The maximum Gasteiger partial charge on any atom is 0.194 e. The van der Waals surface area contributed by atoms with E-state index in [9.17, 15) is 16.8 Å². The summed E-state index contributed by atoms with van der Waals surface area (Å²) < 4.78 is 49.0. The Morgan fingerprint density at radius 3 is 1.33 bits per heavy atom. The molecule has 0 spiro atoms. The third-order valence-electron chi connectivity index (χ3n) is 2.65. The van der Waals surface area contributed by atoms with E-state index >= 15 is 0 Å². The van der Waals surface area contributed by atoms with Crippen LogP contribution in [-0.2, 0) is 19.7 Å². The molecule has 21 heavy (non-hydrogen) atoms. The first-order valence-corrected chi connectivity index (χ1v) is 9.75. The molecule has 0 unspecified atom stereocenters. The van der Waals surface area contributed by atoms with Crippen molar-refractivity contribution in [1.82, 2.24) is 0 Å². The van der Waals surface area contributed by atoms with Crippen LogP contribution in [0.2, 0.25) is 10.0 Å². The summed E-state index contributed by atoms with van der Waals surface area (Å²) in [5, 5.41) is -1.13. The van der Waals surface area contributed by atoms with E-state index in [4.69, 9.17) is 23.2 Å². The maximum absolute atomic E-state index is 12.2. The normalized spacial score (nSPS) is 12.3. The molecule has 0 saturated heterocycles. The van der Waals surface area contributed by atoms with Crippen molar-refractivity contribution in [2.45, 2.75) is 9.79 Å². The highest BCUT2D eigenvalue weighted by Gasteiger charge is 2.28. The number of halogens is 2. The smallest absolute Gasteiger partial charge is 0.194 e. The molecule has 0 fully saturated rings. The number of hydrogen-bond acceptors (Lipinski definition) is 4. The standard InChI is InChI=1S/C13H10Cl2O4S2/c14-10-5-1-3-7-12(10)20(16,17)9-21(18,19)13-8-4-2-6-11(13)15/h1-8H,9H2. The minimum absolute atomic E-state index is 0.0214. The van der Waals surface area contributed by atoms with Gasteiger partial charge in [0, 0.05) is 0 Å². The molecular weight excluding hydrogens is 355 g/mol. The Morgan fingerprint density at radius 1 is 0.667 bits per heavy atom. The third kappa shape index (κ3) is 3.58. The van der Waals surface area contributed by atoms with E-state index in [0.29, 0.717) is 0 Å². The van der Waals surface area contributed by atoms with Crippen molar-refractivity contribution in [2.24, 2.45) is 0 Å². The SMILES string of the molecule is O=S(=O)(CS(=O)(=O)c1ccccc1Cl)c1ccccc1Cl. The summed E-state index contributed by atoms with van der Waals surface area (Å²) >= 11 is 11.6. The van der Waals surface area contributed by atoms with Crippen LogP contribution in [0.1, 0.15) is 0 Å². The molecule has 4 nitrogen and oxygen atoms in total. The van der Waals surface area contributed by atoms with Crippen LogP contribution in [0, 0.1) is 0 Å². The van der Waals surface area contributed by atoms with Gasteiger partial charge in [0.1, 0.15) is 0 Å². The summed E-state index contributed by atoms with van der Waals surface area (Å²) in [4.78, 5) is -0.440. The zero-order chi connectivity index (χ0) is 15.7. The minimum atomic E-state index is -4.09. The van der Waals surface area contributed by atoms with Gasteiger partial charge in [-0.2, -0.15) is 0 Å². The van der Waals surface area contributed by atoms with E-state index in [0.717, 1.165) is 0 Å². The van der Waals surface area contributed by atoms with Crippen LogP contribution in [0.15, 0.2) is 58.3 Å². The van der Waals surface area contributed by atoms with E-state index in [2.05, 4.69) is 0 Å². The van der Waals surface area contributed by atoms with Crippen LogP contribution < -0.4 is 0 Å². The molecule has 0 amide bonds. The van der Waals surface area contributed by atoms with Gasteiger partial charge in [0.25, 0.3) is 0 Å². The molecule has 2 rings (SSSR count). The lowest BCUT2D eigenvalue weighted by atomic mass is 10.4. The quantitative estimate of drug-likeness (QED) is 0.835. The molecule has 0 heterocycles. The molecule has 0 saturated carbocycles. The molecule has 0 bridgehead atoms. The fraction of sp³-hybridized carbons (Fsp3) is 0.0769. The molecule has 0 atom stereocenters. The van der Waals surface area contributed by atoms with E-state index < -0.39 is 24.8 Å². The largest absolute Gasteiger partial charge is 0.223 e. The van der Waals surface area contributed by atoms with Gasteiger partial charge in [-0.3, -0.25) is 0 Å².